The maximum Gasteiger partial charge on any atom is 0.0271 e. The lowest BCUT2D eigenvalue weighted by atomic mass is 10.5. The molecule has 0 aromatic rings. The second-order valence-electron chi connectivity index (χ2n) is 2.29. The van der Waals surface area contributed by atoms with Crippen LogP contribution in [-0.2, 0) is 0 Å². The topological polar surface area (TPSA) is 3.24 Å². The summed E-state index contributed by atoms with van der Waals surface area (Å²) in [5, 5.41) is 2.05. The van der Waals surface area contributed by atoms with Crippen LogP contribution >= 0.6 is 24.6 Å². The molecule has 0 spiro atoms. The molecule has 0 saturated carbocycles. The zero-order chi connectivity index (χ0) is 8.85. The van der Waals surface area contributed by atoms with Gasteiger partial charge in [0.15, 0.2) is 0 Å². The Morgan fingerprint density at radius 1 is 1.73 bits per heavy atom. The maximum atomic E-state index is 4.15. The summed E-state index contributed by atoms with van der Waals surface area (Å²) in [6.07, 6.45) is 1.02. The lowest BCUT2D eigenvalue weighted by Crippen LogP contribution is -1.99. The van der Waals surface area contributed by atoms with E-state index >= 15 is 0 Å². The van der Waals surface area contributed by atoms with Crippen molar-refractivity contribution in [3.8, 4) is 0 Å². The molecule has 0 fully saturated rings. The molecule has 11 heavy (non-hydrogen) atoms. The zero-order valence-corrected chi connectivity index (χ0v) is 9.01. The lowest BCUT2D eigenvalue weighted by Gasteiger charge is -2.10. The number of thiol groups is 1. The second-order valence-corrected chi connectivity index (χ2v) is 3.94. The van der Waals surface area contributed by atoms with E-state index in [0.717, 1.165) is 12.1 Å². The van der Waals surface area contributed by atoms with Crippen LogP contribution in [0.1, 0.15) is 20.3 Å². The third kappa shape index (κ3) is 5.27. The van der Waals surface area contributed by atoms with E-state index in [9.17, 15) is 0 Å². The molecule has 0 saturated heterocycles. The standard InChI is InChI=1S/C8H15NS2/c1-5-8(3)11-6-7(2)9(4)10/h6,10H,3,5H2,1-2,4H3/b7-6+. The third-order valence-corrected chi connectivity index (χ3v) is 2.70. The van der Waals surface area contributed by atoms with Gasteiger partial charge in [0.1, 0.15) is 0 Å². The minimum absolute atomic E-state index is 1.02. The van der Waals surface area contributed by atoms with Crippen LogP contribution in [0.25, 0.3) is 0 Å². The van der Waals surface area contributed by atoms with Gasteiger partial charge in [-0.3, -0.25) is 0 Å². The first-order valence-electron chi connectivity index (χ1n) is 3.51. The quantitative estimate of drug-likeness (QED) is 0.676. The second kappa shape index (κ2) is 5.61. The van der Waals surface area contributed by atoms with Crippen molar-refractivity contribution in [2.45, 2.75) is 20.3 Å². The third-order valence-electron chi connectivity index (χ3n) is 1.30. The van der Waals surface area contributed by atoms with Crippen LogP contribution in [0.3, 0.4) is 0 Å². The Labute approximate surface area is 79.1 Å². The van der Waals surface area contributed by atoms with Crippen LogP contribution in [0.2, 0.25) is 0 Å². The molecule has 0 aromatic carbocycles. The van der Waals surface area contributed by atoms with Crippen molar-refractivity contribution < 1.29 is 0 Å². The minimum atomic E-state index is 1.02. The van der Waals surface area contributed by atoms with E-state index in [0.29, 0.717) is 0 Å². The Morgan fingerprint density at radius 3 is 2.64 bits per heavy atom. The normalized spacial score (nSPS) is 11.5. The molecule has 0 bridgehead atoms. The van der Waals surface area contributed by atoms with Gasteiger partial charge in [0, 0.05) is 12.7 Å². The van der Waals surface area contributed by atoms with Crippen molar-refractivity contribution in [1.82, 2.24) is 4.31 Å². The summed E-state index contributed by atoms with van der Waals surface area (Å²) < 4.78 is 1.79. The highest BCUT2D eigenvalue weighted by Crippen LogP contribution is 2.20. The molecular formula is C8H15NS2. The van der Waals surface area contributed by atoms with Gasteiger partial charge in [0.05, 0.1) is 0 Å². The SMILES string of the molecule is C=C(CC)S/C=C(\C)N(C)S. The lowest BCUT2D eigenvalue weighted by molar-refractivity contribution is 0.716. The Balaban J connectivity index is 3.82. The zero-order valence-electron chi connectivity index (χ0n) is 7.29. The van der Waals surface area contributed by atoms with E-state index in [1.54, 1.807) is 16.1 Å². The van der Waals surface area contributed by atoms with Crippen molar-refractivity contribution >= 4 is 24.6 Å². The van der Waals surface area contributed by atoms with Gasteiger partial charge < -0.3 is 4.31 Å². The van der Waals surface area contributed by atoms with Crippen molar-refractivity contribution in [3.05, 3.63) is 22.6 Å². The number of nitrogens with zero attached hydrogens (tertiary/aromatic N) is 1. The molecule has 0 aromatic heterocycles. The molecule has 0 N–H and O–H groups in total. The summed E-state index contributed by atoms with van der Waals surface area (Å²) in [6.45, 7) is 8.00. The molecule has 0 rings (SSSR count). The van der Waals surface area contributed by atoms with Gasteiger partial charge in [-0.05, 0) is 23.7 Å². The molecule has 0 aliphatic heterocycles. The van der Waals surface area contributed by atoms with Gasteiger partial charge in [0.25, 0.3) is 0 Å². The monoisotopic (exact) mass is 189 g/mol. The fourth-order valence-electron chi connectivity index (χ4n) is 0.328. The van der Waals surface area contributed by atoms with E-state index in [2.05, 4.69) is 31.7 Å². The number of hydrogen-bond acceptors (Lipinski definition) is 3. The Hall–Kier alpha value is -0.0200. The highest BCUT2D eigenvalue weighted by molar-refractivity contribution is 8.05. The minimum Gasteiger partial charge on any atom is -0.325 e. The fourth-order valence-corrected chi connectivity index (χ4v) is 1.13. The first-order valence-corrected chi connectivity index (χ1v) is 4.79. The van der Waals surface area contributed by atoms with Gasteiger partial charge in [0.2, 0.25) is 0 Å². The van der Waals surface area contributed by atoms with Crippen LogP contribution in [0, 0.1) is 0 Å². The molecule has 0 unspecified atom stereocenters. The van der Waals surface area contributed by atoms with E-state index in [4.69, 9.17) is 0 Å². The van der Waals surface area contributed by atoms with E-state index in [1.807, 2.05) is 14.0 Å². The van der Waals surface area contributed by atoms with Gasteiger partial charge in [-0.15, -0.1) is 11.8 Å². The van der Waals surface area contributed by atoms with Crippen LogP contribution in [-0.4, -0.2) is 11.4 Å². The number of allylic oxidation sites excluding steroid dienone is 2. The average molecular weight is 189 g/mol. The summed E-state index contributed by atoms with van der Waals surface area (Å²) in [5.74, 6) is 0. The molecule has 64 valence electrons. The molecule has 0 amide bonds. The van der Waals surface area contributed by atoms with Gasteiger partial charge in [-0.1, -0.05) is 26.3 Å². The summed E-state index contributed by atoms with van der Waals surface area (Å²) in [4.78, 5) is 1.18. The van der Waals surface area contributed by atoms with Crippen LogP contribution in [0.4, 0.5) is 0 Å². The molecule has 3 heteroatoms. The smallest absolute Gasteiger partial charge is 0.0271 e. The van der Waals surface area contributed by atoms with Gasteiger partial charge in [-0.25, -0.2) is 0 Å². The average Bonchev–Trinajstić information content (AvgIpc) is 1.99. The first kappa shape index (κ1) is 11.0. The van der Waals surface area contributed by atoms with Crippen LogP contribution in [0.15, 0.2) is 22.6 Å². The number of rotatable bonds is 4. The van der Waals surface area contributed by atoms with Crippen molar-refractivity contribution in [2.75, 3.05) is 7.05 Å². The summed E-state index contributed by atoms with van der Waals surface area (Å²) in [7, 11) is 1.91. The van der Waals surface area contributed by atoms with E-state index in [1.165, 1.54) is 4.91 Å². The first-order chi connectivity index (χ1) is 5.07. The highest BCUT2D eigenvalue weighted by atomic mass is 32.2. The molecule has 1 nitrogen and oxygen atoms in total. The van der Waals surface area contributed by atoms with Gasteiger partial charge >= 0.3 is 0 Å². The Morgan fingerprint density at radius 2 is 2.27 bits per heavy atom. The van der Waals surface area contributed by atoms with Crippen molar-refractivity contribution in [2.24, 2.45) is 0 Å². The Kier molecular flexibility index (Phi) is 5.60. The van der Waals surface area contributed by atoms with E-state index < -0.39 is 0 Å². The predicted octanol–water partition coefficient (Wildman–Crippen LogP) is 3.28. The number of thioether (sulfide) groups is 1. The highest BCUT2D eigenvalue weighted by Gasteiger charge is 1.92. The summed E-state index contributed by atoms with van der Waals surface area (Å²) in [6, 6.07) is 0. The molecule has 0 aliphatic carbocycles. The van der Waals surface area contributed by atoms with Crippen LogP contribution < -0.4 is 0 Å². The predicted molar refractivity (Wildman–Crippen MR) is 57.5 cm³/mol. The number of hydrogen-bond donors (Lipinski definition) is 1. The van der Waals surface area contributed by atoms with Crippen molar-refractivity contribution in [3.63, 3.8) is 0 Å². The maximum absolute atomic E-state index is 4.15. The molecule has 0 heterocycles. The van der Waals surface area contributed by atoms with Crippen molar-refractivity contribution in [1.29, 1.82) is 0 Å². The molecule has 0 radical (unpaired) electrons. The van der Waals surface area contributed by atoms with E-state index in [-0.39, 0.29) is 0 Å². The summed E-state index contributed by atoms with van der Waals surface area (Å²) >= 11 is 5.81. The molecule has 0 atom stereocenters. The summed E-state index contributed by atoms with van der Waals surface area (Å²) in [5.41, 5.74) is 1.13. The Bertz CT molecular complexity index is 161. The largest absolute Gasteiger partial charge is 0.325 e. The molecule has 0 aliphatic rings. The van der Waals surface area contributed by atoms with Crippen LogP contribution in [0.5, 0.6) is 0 Å². The fraction of sp³-hybridized carbons (Fsp3) is 0.500. The van der Waals surface area contributed by atoms with Gasteiger partial charge in [-0.2, -0.15) is 0 Å². The molecular weight excluding hydrogens is 174 g/mol.